The minimum atomic E-state index is -0.798. The second-order valence-electron chi connectivity index (χ2n) is 4.72. The van der Waals surface area contributed by atoms with E-state index in [1.807, 2.05) is 13.8 Å². The molecule has 1 fully saturated rings. The minimum absolute atomic E-state index is 0.0430. The number of hydrogen-bond donors (Lipinski definition) is 4. The molecule has 0 saturated carbocycles. The summed E-state index contributed by atoms with van der Waals surface area (Å²) in [6, 6.07) is 0. The van der Waals surface area contributed by atoms with Gasteiger partial charge in [-0.15, -0.1) is 0 Å². The second-order valence-corrected chi connectivity index (χ2v) is 4.72. The van der Waals surface area contributed by atoms with Crippen molar-refractivity contribution in [1.29, 1.82) is 0 Å². The van der Waals surface area contributed by atoms with Gasteiger partial charge < -0.3 is 20.8 Å². The molecule has 1 rings (SSSR count). The Morgan fingerprint density at radius 1 is 1.44 bits per heavy atom. The third kappa shape index (κ3) is 2.72. The standard InChI is InChI=1S/C11H22N2O3/c1-3-10(4-2,8-14)13-11(5-9(15)16)6-12-7-11/h12-14H,3-8H2,1-2H3,(H,15,16). The highest BCUT2D eigenvalue weighted by Gasteiger charge is 2.44. The topological polar surface area (TPSA) is 81.6 Å². The quantitative estimate of drug-likeness (QED) is 0.493. The van der Waals surface area contributed by atoms with Crippen molar-refractivity contribution in [3.63, 3.8) is 0 Å². The molecule has 4 N–H and O–H groups in total. The summed E-state index contributed by atoms with van der Waals surface area (Å²) in [5.74, 6) is -0.798. The van der Waals surface area contributed by atoms with Crippen molar-refractivity contribution in [2.75, 3.05) is 19.7 Å². The number of carboxylic acids is 1. The minimum Gasteiger partial charge on any atom is -0.481 e. The van der Waals surface area contributed by atoms with Gasteiger partial charge in [0.25, 0.3) is 0 Å². The number of carboxylic acid groups (broad SMARTS) is 1. The fourth-order valence-corrected chi connectivity index (χ4v) is 2.23. The number of aliphatic carboxylic acids is 1. The number of aliphatic hydroxyl groups excluding tert-OH is 1. The Bertz CT molecular complexity index is 239. The predicted octanol–water partition coefficient (Wildman–Crippen LogP) is -0.0562. The van der Waals surface area contributed by atoms with Gasteiger partial charge in [-0.2, -0.15) is 0 Å². The fourth-order valence-electron chi connectivity index (χ4n) is 2.23. The zero-order valence-corrected chi connectivity index (χ0v) is 10.0. The van der Waals surface area contributed by atoms with Crippen LogP contribution in [0.2, 0.25) is 0 Å². The van der Waals surface area contributed by atoms with Gasteiger partial charge in [-0.3, -0.25) is 4.79 Å². The average Bonchev–Trinajstić information content (AvgIpc) is 2.22. The summed E-state index contributed by atoms with van der Waals surface area (Å²) in [7, 11) is 0. The van der Waals surface area contributed by atoms with E-state index >= 15 is 0 Å². The molecule has 0 spiro atoms. The maximum Gasteiger partial charge on any atom is 0.305 e. The first-order valence-electron chi connectivity index (χ1n) is 5.84. The zero-order chi connectivity index (χ0) is 12.2. The van der Waals surface area contributed by atoms with Crippen LogP contribution in [0.25, 0.3) is 0 Å². The summed E-state index contributed by atoms with van der Waals surface area (Å²) in [5, 5.41) is 24.8. The van der Waals surface area contributed by atoms with Crippen LogP contribution in [0.4, 0.5) is 0 Å². The van der Waals surface area contributed by atoms with Crippen molar-refractivity contribution >= 4 is 5.97 Å². The Hall–Kier alpha value is -0.650. The van der Waals surface area contributed by atoms with E-state index < -0.39 is 5.97 Å². The van der Waals surface area contributed by atoms with Gasteiger partial charge in [-0.25, -0.2) is 0 Å². The molecule has 5 nitrogen and oxygen atoms in total. The van der Waals surface area contributed by atoms with E-state index in [1.165, 1.54) is 0 Å². The molecule has 1 saturated heterocycles. The van der Waals surface area contributed by atoms with Crippen molar-refractivity contribution in [3.8, 4) is 0 Å². The number of hydrogen-bond acceptors (Lipinski definition) is 4. The molecule has 1 heterocycles. The Balaban J connectivity index is 2.70. The van der Waals surface area contributed by atoms with Gasteiger partial charge in [-0.1, -0.05) is 13.8 Å². The molecule has 16 heavy (non-hydrogen) atoms. The average molecular weight is 230 g/mol. The SMILES string of the molecule is CCC(CC)(CO)NC1(CC(=O)O)CNC1. The molecule has 1 aliphatic heterocycles. The predicted molar refractivity (Wildman–Crippen MR) is 61.4 cm³/mol. The molecule has 0 aromatic heterocycles. The molecule has 1 aliphatic rings. The van der Waals surface area contributed by atoms with Gasteiger partial charge in [0, 0.05) is 18.6 Å². The first-order chi connectivity index (χ1) is 7.51. The summed E-state index contributed by atoms with van der Waals surface area (Å²) in [6.45, 7) is 5.37. The van der Waals surface area contributed by atoms with Crippen LogP contribution in [-0.4, -0.2) is 47.0 Å². The van der Waals surface area contributed by atoms with Crippen molar-refractivity contribution in [2.45, 2.75) is 44.2 Å². The Kier molecular flexibility index (Phi) is 4.29. The van der Waals surface area contributed by atoms with Gasteiger partial charge in [0.1, 0.15) is 0 Å². The second kappa shape index (κ2) is 5.12. The van der Waals surface area contributed by atoms with Gasteiger partial charge in [0.05, 0.1) is 18.6 Å². The van der Waals surface area contributed by atoms with Crippen molar-refractivity contribution in [1.82, 2.24) is 10.6 Å². The van der Waals surface area contributed by atoms with Crippen LogP contribution in [0.3, 0.4) is 0 Å². The molecule has 0 bridgehead atoms. The zero-order valence-electron chi connectivity index (χ0n) is 10.0. The van der Waals surface area contributed by atoms with Gasteiger partial charge >= 0.3 is 5.97 Å². The van der Waals surface area contributed by atoms with E-state index in [-0.39, 0.29) is 24.1 Å². The molecular formula is C11H22N2O3. The largest absolute Gasteiger partial charge is 0.481 e. The molecule has 0 atom stereocenters. The van der Waals surface area contributed by atoms with E-state index in [0.29, 0.717) is 13.1 Å². The summed E-state index contributed by atoms with van der Waals surface area (Å²) in [6.07, 6.45) is 1.69. The molecule has 5 heteroatoms. The highest BCUT2D eigenvalue weighted by atomic mass is 16.4. The molecule has 0 aliphatic carbocycles. The van der Waals surface area contributed by atoms with E-state index in [2.05, 4.69) is 10.6 Å². The third-order valence-corrected chi connectivity index (χ3v) is 3.60. The first-order valence-corrected chi connectivity index (χ1v) is 5.84. The van der Waals surface area contributed by atoms with E-state index in [4.69, 9.17) is 5.11 Å². The lowest BCUT2D eigenvalue weighted by atomic mass is 9.82. The summed E-state index contributed by atoms with van der Waals surface area (Å²) in [4.78, 5) is 10.8. The van der Waals surface area contributed by atoms with Crippen LogP contribution in [-0.2, 0) is 4.79 Å². The molecule has 0 aromatic rings. The third-order valence-electron chi connectivity index (χ3n) is 3.60. The van der Waals surface area contributed by atoms with Crippen LogP contribution >= 0.6 is 0 Å². The number of aliphatic hydroxyl groups is 1. The highest BCUT2D eigenvalue weighted by molar-refractivity contribution is 5.69. The summed E-state index contributed by atoms with van der Waals surface area (Å²) < 4.78 is 0. The van der Waals surface area contributed by atoms with Gasteiger partial charge in [0.2, 0.25) is 0 Å². The highest BCUT2D eigenvalue weighted by Crippen LogP contribution is 2.24. The maximum atomic E-state index is 10.8. The van der Waals surface area contributed by atoms with E-state index in [0.717, 1.165) is 12.8 Å². The maximum absolute atomic E-state index is 10.8. The molecule has 0 unspecified atom stereocenters. The normalized spacial score (nSPS) is 19.2. The fraction of sp³-hybridized carbons (Fsp3) is 0.909. The lowest BCUT2D eigenvalue weighted by Gasteiger charge is -2.49. The van der Waals surface area contributed by atoms with Crippen LogP contribution in [0.15, 0.2) is 0 Å². The number of rotatable bonds is 7. The van der Waals surface area contributed by atoms with Crippen LogP contribution in [0.5, 0.6) is 0 Å². The molecular weight excluding hydrogens is 208 g/mol. The molecule has 0 radical (unpaired) electrons. The Morgan fingerprint density at radius 3 is 2.25 bits per heavy atom. The van der Waals surface area contributed by atoms with Crippen molar-refractivity contribution < 1.29 is 15.0 Å². The molecule has 94 valence electrons. The Labute approximate surface area is 96.2 Å². The van der Waals surface area contributed by atoms with E-state index in [1.54, 1.807) is 0 Å². The monoisotopic (exact) mass is 230 g/mol. The number of nitrogens with one attached hydrogen (secondary N) is 2. The lowest BCUT2D eigenvalue weighted by molar-refractivity contribution is -0.139. The Morgan fingerprint density at radius 2 is 2.00 bits per heavy atom. The summed E-state index contributed by atoms with van der Waals surface area (Å²) >= 11 is 0. The summed E-state index contributed by atoms with van der Waals surface area (Å²) in [5.41, 5.74) is -0.738. The van der Waals surface area contributed by atoms with Crippen LogP contribution < -0.4 is 10.6 Å². The van der Waals surface area contributed by atoms with Gasteiger partial charge in [-0.05, 0) is 12.8 Å². The van der Waals surface area contributed by atoms with E-state index in [9.17, 15) is 9.90 Å². The first kappa shape index (κ1) is 13.4. The molecule has 0 amide bonds. The lowest BCUT2D eigenvalue weighted by Crippen LogP contribution is -2.73. The van der Waals surface area contributed by atoms with Crippen LogP contribution in [0.1, 0.15) is 33.1 Å². The van der Waals surface area contributed by atoms with Crippen molar-refractivity contribution in [3.05, 3.63) is 0 Å². The molecule has 0 aromatic carbocycles. The van der Waals surface area contributed by atoms with Crippen molar-refractivity contribution in [2.24, 2.45) is 0 Å². The number of carbonyl (C=O) groups is 1. The van der Waals surface area contributed by atoms with Gasteiger partial charge in [0.15, 0.2) is 0 Å². The van der Waals surface area contributed by atoms with Crippen LogP contribution in [0, 0.1) is 0 Å². The smallest absolute Gasteiger partial charge is 0.305 e.